The number of rotatable bonds is 12. The van der Waals surface area contributed by atoms with Gasteiger partial charge < -0.3 is 14.9 Å². The minimum atomic E-state index is -0.127. The summed E-state index contributed by atoms with van der Waals surface area (Å²) in [6.07, 6.45) is 7.88. The first-order chi connectivity index (χ1) is 8.31. The first-order valence-electron chi connectivity index (χ1n) is 6.68. The second-order valence-electron chi connectivity index (χ2n) is 4.25. The van der Waals surface area contributed by atoms with Crippen LogP contribution < -0.4 is 0 Å². The Morgan fingerprint density at radius 1 is 0.765 bits per heavy atom. The van der Waals surface area contributed by atoms with Crippen molar-refractivity contribution in [2.75, 3.05) is 19.8 Å². The van der Waals surface area contributed by atoms with E-state index in [2.05, 4.69) is 0 Å². The Morgan fingerprint density at radius 3 is 1.94 bits per heavy atom. The van der Waals surface area contributed by atoms with Gasteiger partial charge in [0.05, 0.1) is 6.61 Å². The zero-order chi connectivity index (χ0) is 12.8. The summed E-state index contributed by atoms with van der Waals surface area (Å²) >= 11 is 0. The molecule has 2 N–H and O–H groups in total. The van der Waals surface area contributed by atoms with Crippen molar-refractivity contribution >= 4 is 5.97 Å². The first-order valence-corrected chi connectivity index (χ1v) is 6.68. The maximum atomic E-state index is 11.2. The predicted molar refractivity (Wildman–Crippen MR) is 66.7 cm³/mol. The summed E-state index contributed by atoms with van der Waals surface area (Å²) in [6, 6.07) is 0. The quantitative estimate of drug-likeness (QED) is 0.408. The highest BCUT2D eigenvalue weighted by Crippen LogP contribution is 2.04. The summed E-state index contributed by atoms with van der Waals surface area (Å²) in [4.78, 5) is 11.2. The number of hydrogen-bond acceptors (Lipinski definition) is 4. The van der Waals surface area contributed by atoms with E-state index in [0.717, 1.165) is 51.4 Å². The van der Waals surface area contributed by atoms with Gasteiger partial charge in [-0.1, -0.05) is 25.7 Å². The van der Waals surface area contributed by atoms with Gasteiger partial charge in [0.2, 0.25) is 0 Å². The molecular weight excluding hydrogens is 220 g/mol. The third-order valence-electron chi connectivity index (χ3n) is 2.60. The fourth-order valence-electron chi connectivity index (χ4n) is 1.56. The summed E-state index contributed by atoms with van der Waals surface area (Å²) in [6.45, 7) is 0.976. The van der Waals surface area contributed by atoms with Gasteiger partial charge in [0.25, 0.3) is 0 Å². The molecule has 0 fully saturated rings. The fraction of sp³-hybridized carbons (Fsp3) is 0.923. The van der Waals surface area contributed by atoms with E-state index >= 15 is 0 Å². The van der Waals surface area contributed by atoms with E-state index in [9.17, 15) is 4.79 Å². The van der Waals surface area contributed by atoms with Crippen molar-refractivity contribution in [3.63, 3.8) is 0 Å². The van der Waals surface area contributed by atoms with Crippen molar-refractivity contribution in [1.29, 1.82) is 0 Å². The van der Waals surface area contributed by atoms with Gasteiger partial charge >= 0.3 is 5.97 Å². The number of aliphatic hydroxyl groups excluding tert-OH is 2. The standard InChI is InChI=1S/C13H26O4/c14-10-6-2-1-3-8-12-17-13(16)9-5-4-7-11-15/h14-15H,1-12H2. The van der Waals surface area contributed by atoms with Gasteiger partial charge in [-0.05, 0) is 25.7 Å². The number of aliphatic hydroxyl groups is 2. The lowest BCUT2D eigenvalue weighted by Gasteiger charge is -2.04. The van der Waals surface area contributed by atoms with Crippen LogP contribution in [-0.4, -0.2) is 36.0 Å². The molecule has 0 aromatic heterocycles. The lowest BCUT2D eigenvalue weighted by molar-refractivity contribution is -0.143. The Morgan fingerprint density at radius 2 is 1.29 bits per heavy atom. The van der Waals surface area contributed by atoms with Crippen molar-refractivity contribution in [3.8, 4) is 0 Å². The second kappa shape index (κ2) is 13.5. The summed E-state index contributed by atoms with van der Waals surface area (Å²) in [5.41, 5.74) is 0. The van der Waals surface area contributed by atoms with Gasteiger partial charge in [-0.25, -0.2) is 0 Å². The second-order valence-corrected chi connectivity index (χ2v) is 4.25. The molecule has 0 aliphatic heterocycles. The maximum absolute atomic E-state index is 11.2. The van der Waals surface area contributed by atoms with Crippen molar-refractivity contribution in [3.05, 3.63) is 0 Å². The summed E-state index contributed by atoms with van der Waals surface area (Å²) in [5, 5.41) is 17.1. The van der Waals surface area contributed by atoms with Crippen LogP contribution in [0.4, 0.5) is 0 Å². The van der Waals surface area contributed by atoms with E-state index in [1.54, 1.807) is 0 Å². The number of ether oxygens (including phenoxy) is 1. The van der Waals surface area contributed by atoms with E-state index in [1.807, 2.05) is 0 Å². The first kappa shape index (κ1) is 16.4. The maximum Gasteiger partial charge on any atom is 0.305 e. The predicted octanol–water partition coefficient (Wildman–Crippen LogP) is 2.03. The Labute approximate surface area is 104 Å². The zero-order valence-corrected chi connectivity index (χ0v) is 10.7. The normalized spacial score (nSPS) is 10.5. The van der Waals surface area contributed by atoms with Crippen LogP contribution in [0.15, 0.2) is 0 Å². The number of carbonyl (C=O) groups excluding carboxylic acids is 1. The van der Waals surface area contributed by atoms with E-state index in [0.29, 0.717) is 13.0 Å². The molecule has 0 saturated carbocycles. The van der Waals surface area contributed by atoms with E-state index in [1.165, 1.54) is 0 Å². The SMILES string of the molecule is O=C(CCCCCO)OCCCCCCCO. The molecule has 4 heteroatoms. The van der Waals surface area contributed by atoms with Gasteiger partial charge in [-0.15, -0.1) is 0 Å². The van der Waals surface area contributed by atoms with Crippen molar-refractivity contribution < 1.29 is 19.7 Å². The fourth-order valence-corrected chi connectivity index (χ4v) is 1.56. The molecule has 0 aromatic carbocycles. The summed E-state index contributed by atoms with van der Waals surface area (Å²) in [7, 11) is 0. The summed E-state index contributed by atoms with van der Waals surface area (Å²) in [5.74, 6) is -0.127. The minimum absolute atomic E-state index is 0.127. The van der Waals surface area contributed by atoms with Crippen LogP contribution in [0, 0.1) is 0 Å². The highest BCUT2D eigenvalue weighted by atomic mass is 16.5. The number of hydrogen-bond donors (Lipinski definition) is 2. The topological polar surface area (TPSA) is 66.8 Å². The molecule has 0 aliphatic rings. The Balaban J connectivity index is 3.11. The molecule has 102 valence electrons. The third-order valence-corrected chi connectivity index (χ3v) is 2.60. The molecule has 0 bridgehead atoms. The van der Waals surface area contributed by atoms with E-state index in [4.69, 9.17) is 14.9 Å². The largest absolute Gasteiger partial charge is 0.466 e. The molecule has 0 heterocycles. The third kappa shape index (κ3) is 13.3. The van der Waals surface area contributed by atoms with Gasteiger partial charge in [0, 0.05) is 19.6 Å². The Hall–Kier alpha value is -0.610. The molecule has 0 radical (unpaired) electrons. The highest BCUT2D eigenvalue weighted by molar-refractivity contribution is 5.69. The molecular formula is C13H26O4. The van der Waals surface area contributed by atoms with Gasteiger partial charge in [0.1, 0.15) is 0 Å². The minimum Gasteiger partial charge on any atom is -0.466 e. The molecule has 0 aliphatic carbocycles. The number of unbranched alkanes of at least 4 members (excludes halogenated alkanes) is 6. The van der Waals surface area contributed by atoms with Crippen molar-refractivity contribution in [2.45, 2.75) is 57.8 Å². The van der Waals surface area contributed by atoms with Crippen LogP contribution >= 0.6 is 0 Å². The average Bonchev–Trinajstić information content (AvgIpc) is 2.33. The summed E-state index contributed by atoms with van der Waals surface area (Å²) < 4.78 is 5.08. The molecule has 0 unspecified atom stereocenters. The Bertz CT molecular complexity index is 171. The van der Waals surface area contributed by atoms with Crippen LogP contribution in [-0.2, 0) is 9.53 Å². The Kier molecular flexibility index (Phi) is 13.0. The van der Waals surface area contributed by atoms with Crippen molar-refractivity contribution in [1.82, 2.24) is 0 Å². The van der Waals surface area contributed by atoms with Crippen LogP contribution in [0.3, 0.4) is 0 Å². The number of esters is 1. The lowest BCUT2D eigenvalue weighted by Crippen LogP contribution is -2.05. The molecule has 0 amide bonds. The molecule has 0 atom stereocenters. The van der Waals surface area contributed by atoms with Crippen LogP contribution in [0.25, 0.3) is 0 Å². The van der Waals surface area contributed by atoms with Crippen LogP contribution in [0.2, 0.25) is 0 Å². The van der Waals surface area contributed by atoms with Gasteiger partial charge in [0.15, 0.2) is 0 Å². The van der Waals surface area contributed by atoms with E-state index in [-0.39, 0.29) is 19.2 Å². The number of carbonyl (C=O) groups is 1. The molecule has 0 saturated heterocycles. The average molecular weight is 246 g/mol. The molecule has 0 rings (SSSR count). The lowest BCUT2D eigenvalue weighted by atomic mass is 10.1. The molecule has 17 heavy (non-hydrogen) atoms. The molecule has 0 aromatic rings. The highest BCUT2D eigenvalue weighted by Gasteiger charge is 2.01. The molecule has 0 spiro atoms. The molecule has 4 nitrogen and oxygen atoms in total. The monoisotopic (exact) mass is 246 g/mol. The van der Waals surface area contributed by atoms with Crippen molar-refractivity contribution in [2.24, 2.45) is 0 Å². The zero-order valence-electron chi connectivity index (χ0n) is 10.7. The van der Waals surface area contributed by atoms with Gasteiger partial charge in [-0.2, -0.15) is 0 Å². The van der Waals surface area contributed by atoms with Gasteiger partial charge in [-0.3, -0.25) is 4.79 Å². The van der Waals surface area contributed by atoms with Crippen LogP contribution in [0.1, 0.15) is 57.8 Å². The smallest absolute Gasteiger partial charge is 0.305 e. The van der Waals surface area contributed by atoms with Crippen LogP contribution in [0.5, 0.6) is 0 Å². The van der Waals surface area contributed by atoms with E-state index < -0.39 is 0 Å².